The molecule has 0 aromatic heterocycles. The molecule has 0 spiro atoms. The van der Waals surface area contributed by atoms with Crippen molar-refractivity contribution in [3.8, 4) is 17.2 Å². The standard InChI is InChI=1S/C20H22N2O5/c1-4-27-18-8-6-5-7-14(18)9-10-19(23)21-22-20(24)15-11-16(25-2)13-17(12-15)26-3/h5-13H,4H2,1-3H3,(H,21,23)(H,22,24)/b10-9+. The molecule has 2 aromatic rings. The normalized spacial score (nSPS) is 10.3. The van der Waals surface area contributed by atoms with Gasteiger partial charge in [0.15, 0.2) is 0 Å². The molecule has 7 heteroatoms. The number of nitrogens with one attached hydrogen (secondary N) is 2. The summed E-state index contributed by atoms with van der Waals surface area (Å²) < 4.78 is 15.7. The van der Waals surface area contributed by atoms with Crippen molar-refractivity contribution < 1.29 is 23.8 Å². The molecule has 2 amide bonds. The lowest BCUT2D eigenvalue weighted by Crippen LogP contribution is -2.40. The first-order valence-corrected chi connectivity index (χ1v) is 8.30. The van der Waals surface area contributed by atoms with E-state index in [1.165, 1.54) is 32.4 Å². The van der Waals surface area contributed by atoms with Crippen LogP contribution in [0.15, 0.2) is 48.5 Å². The quantitative estimate of drug-likeness (QED) is 0.578. The summed E-state index contributed by atoms with van der Waals surface area (Å²) in [5.74, 6) is 0.640. The highest BCUT2D eigenvalue weighted by Crippen LogP contribution is 2.22. The summed E-state index contributed by atoms with van der Waals surface area (Å²) in [6.45, 7) is 2.41. The molecule has 0 saturated carbocycles. The summed E-state index contributed by atoms with van der Waals surface area (Å²) in [5.41, 5.74) is 5.73. The van der Waals surface area contributed by atoms with Gasteiger partial charge in [-0.2, -0.15) is 0 Å². The van der Waals surface area contributed by atoms with Gasteiger partial charge in [0, 0.05) is 23.3 Å². The van der Waals surface area contributed by atoms with Crippen LogP contribution in [0.3, 0.4) is 0 Å². The molecular weight excluding hydrogens is 348 g/mol. The fourth-order valence-corrected chi connectivity index (χ4v) is 2.24. The molecule has 0 radical (unpaired) electrons. The van der Waals surface area contributed by atoms with Crippen molar-refractivity contribution in [3.05, 3.63) is 59.7 Å². The third-order valence-electron chi connectivity index (χ3n) is 3.55. The molecule has 0 bridgehead atoms. The van der Waals surface area contributed by atoms with Crippen LogP contribution in [-0.2, 0) is 4.79 Å². The van der Waals surface area contributed by atoms with Gasteiger partial charge in [-0.1, -0.05) is 18.2 Å². The van der Waals surface area contributed by atoms with E-state index >= 15 is 0 Å². The highest BCUT2D eigenvalue weighted by molar-refractivity contribution is 5.98. The second kappa shape index (κ2) is 9.86. The van der Waals surface area contributed by atoms with E-state index in [1.54, 1.807) is 12.1 Å². The van der Waals surface area contributed by atoms with Gasteiger partial charge in [0.1, 0.15) is 17.2 Å². The van der Waals surface area contributed by atoms with E-state index in [-0.39, 0.29) is 5.56 Å². The highest BCUT2D eigenvalue weighted by Gasteiger charge is 2.10. The summed E-state index contributed by atoms with van der Waals surface area (Å²) >= 11 is 0. The number of hydrazine groups is 1. The fraction of sp³-hybridized carbons (Fsp3) is 0.200. The number of rotatable bonds is 7. The maximum Gasteiger partial charge on any atom is 0.269 e. The molecule has 2 rings (SSSR count). The number of carbonyl (C=O) groups excluding carboxylic acids is 2. The molecule has 142 valence electrons. The predicted octanol–water partition coefficient (Wildman–Crippen LogP) is 2.58. The minimum absolute atomic E-state index is 0.289. The Bertz CT molecular complexity index is 811. The van der Waals surface area contributed by atoms with Crippen molar-refractivity contribution in [2.24, 2.45) is 0 Å². The number of ether oxygens (including phenoxy) is 3. The molecular formula is C20H22N2O5. The second-order valence-electron chi connectivity index (χ2n) is 5.35. The van der Waals surface area contributed by atoms with Gasteiger partial charge >= 0.3 is 0 Å². The van der Waals surface area contributed by atoms with Gasteiger partial charge in [-0.3, -0.25) is 20.4 Å². The highest BCUT2D eigenvalue weighted by atomic mass is 16.5. The van der Waals surface area contributed by atoms with E-state index in [4.69, 9.17) is 14.2 Å². The fourth-order valence-electron chi connectivity index (χ4n) is 2.24. The van der Waals surface area contributed by atoms with E-state index in [0.29, 0.717) is 23.9 Å². The van der Waals surface area contributed by atoms with Gasteiger partial charge in [0.25, 0.3) is 11.8 Å². The van der Waals surface area contributed by atoms with Crippen molar-refractivity contribution in [1.82, 2.24) is 10.9 Å². The van der Waals surface area contributed by atoms with Crippen molar-refractivity contribution in [1.29, 1.82) is 0 Å². The van der Waals surface area contributed by atoms with Crippen LogP contribution >= 0.6 is 0 Å². The molecule has 7 nitrogen and oxygen atoms in total. The molecule has 0 heterocycles. The van der Waals surface area contributed by atoms with Gasteiger partial charge in [0.05, 0.1) is 20.8 Å². The average molecular weight is 370 g/mol. The molecule has 0 aliphatic carbocycles. The smallest absolute Gasteiger partial charge is 0.269 e. The van der Waals surface area contributed by atoms with Crippen LogP contribution in [0.1, 0.15) is 22.8 Å². The molecule has 0 aliphatic heterocycles. The molecule has 0 unspecified atom stereocenters. The predicted molar refractivity (Wildman–Crippen MR) is 102 cm³/mol. The zero-order valence-electron chi connectivity index (χ0n) is 15.4. The number of carbonyl (C=O) groups is 2. The minimum Gasteiger partial charge on any atom is -0.497 e. The van der Waals surface area contributed by atoms with E-state index in [9.17, 15) is 9.59 Å². The van der Waals surface area contributed by atoms with Crippen LogP contribution in [0, 0.1) is 0 Å². The zero-order valence-corrected chi connectivity index (χ0v) is 15.4. The Morgan fingerprint density at radius 2 is 1.67 bits per heavy atom. The van der Waals surface area contributed by atoms with E-state index in [0.717, 1.165) is 5.56 Å². The largest absolute Gasteiger partial charge is 0.497 e. The average Bonchev–Trinajstić information content (AvgIpc) is 2.71. The zero-order chi connectivity index (χ0) is 19.6. The number of hydrogen-bond donors (Lipinski definition) is 2. The van der Waals surface area contributed by atoms with Crippen LogP contribution in [0.5, 0.6) is 17.2 Å². The van der Waals surface area contributed by atoms with Gasteiger partial charge in [-0.15, -0.1) is 0 Å². The molecule has 2 aromatic carbocycles. The lowest BCUT2D eigenvalue weighted by Gasteiger charge is -2.09. The number of benzene rings is 2. The first kappa shape index (κ1) is 19.8. The Hall–Kier alpha value is -3.48. The first-order chi connectivity index (χ1) is 13.1. The number of methoxy groups -OCH3 is 2. The second-order valence-corrected chi connectivity index (χ2v) is 5.35. The summed E-state index contributed by atoms with van der Waals surface area (Å²) in [6.07, 6.45) is 2.92. The van der Waals surface area contributed by atoms with Crippen LogP contribution in [-0.4, -0.2) is 32.6 Å². The first-order valence-electron chi connectivity index (χ1n) is 8.30. The third-order valence-corrected chi connectivity index (χ3v) is 3.55. The molecule has 0 fully saturated rings. The maximum atomic E-state index is 12.2. The van der Waals surface area contributed by atoms with E-state index < -0.39 is 11.8 Å². The topological polar surface area (TPSA) is 85.9 Å². The SMILES string of the molecule is CCOc1ccccc1/C=C/C(=O)NNC(=O)c1cc(OC)cc(OC)c1. The number of para-hydroxylation sites is 1. The molecule has 27 heavy (non-hydrogen) atoms. The van der Waals surface area contributed by atoms with Gasteiger partial charge in [-0.25, -0.2) is 0 Å². The van der Waals surface area contributed by atoms with Gasteiger partial charge < -0.3 is 14.2 Å². The van der Waals surface area contributed by atoms with E-state index in [1.807, 2.05) is 31.2 Å². The monoisotopic (exact) mass is 370 g/mol. The Morgan fingerprint density at radius 3 is 2.30 bits per heavy atom. The van der Waals surface area contributed by atoms with Crippen LogP contribution in [0.2, 0.25) is 0 Å². The number of amides is 2. The minimum atomic E-state index is -0.497. The van der Waals surface area contributed by atoms with Crippen molar-refractivity contribution >= 4 is 17.9 Å². The third kappa shape index (κ3) is 5.78. The summed E-state index contributed by atoms with van der Waals surface area (Å²) in [4.78, 5) is 24.2. The number of hydrogen-bond acceptors (Lipinski definition) is 5. The molecule has 2 N–H and O–H groups in total. The summed E-state index contributed by atoms with van der Waals surface area (Å²) in [6, 6.07) is 12.1. The molecule has 0 atom stereocenters. The van der Waals surface area contributed by atoms with Crippen molar-refractivity contribution in [2.75, 3.05) is 20.8 Å². The van der Waals surface area contributed by atoms with Gasteiger partial charge in [-0.05, 0) is 31.2 Å². The van der Waals surface area contributed by atoms with Crippen LogP contribution in [0.25, 0.3) is 6.08 Å². The van der Waals surface area contributed by atoms with Crippen molar-refractivity contribution in [3.63, 3.8) is 0 Å². The Labute approximate surface area is 157 Å². The van der Waals surface area contributed by atoms with Crippen molar-refractivity contribution in [2.45, 2.75) is 6.92 Å². The molecule has 0 saturated heterocycles. The Morgan fingerprint density at radius 1 is 1.00 bits per heavy atom. The maximum absolute atomic E-state index is 12.2. The Balaban J connectivity index is 1.98. The Kier molecular flexibility index (Phi) is 7.25. The summed E-state index contributed by atoms with van der Waals surface area (Å²) in [7, 11) is 2.98. The lowest BCUT2D eigenvalue weighted by atomic mass is 10.2. The van der Waals surface area contributed by atoms with Crippen LogP contribution < -0.4 is 25.1 Å². The lowest BCUT2D eigenvalue weighted by molar-refractivity contribution is -0.117. The van der Waals surface area contributed by atoms with Gasteiger partial charge in [0.2, 0.25) is 0 Å². The summed E-state index contributed by atoms with van der Waals surface area (Å²) in [5, 5.41) is 0. The molecule has 0 aliphatic rings. The van der Waals surface area contributed by atoms with E-state index in [2.05, 4.69) is 10.9 Å². The van der Waals surface area contributed by atoms with Crippen LogP contribution in [0.4, 0.5) is 0 Å².